The van der Waals surface area contributed by atoms with Gasteiger partial charge in [-0.05, 0) is 31.0 Å². The second-order valence-corrected chi connectivity index (χ2v) is 8.19. The van der Waals surface area contributed by atoms with E-state index in [0.29, 0.717) is 5.56 Å². The number of aromatic nitrogens is 3. The van der Waals surface area contributed by atoms with Crippen molar-refractivity contribution in [1.82, 2.24) is 20.1 Å². The van der Waals surface area contributed by atoms with Crippen LogP contribution in [0.25, 0.3) is 10.2 Å². The van der Waals surface area contributed by atoms with Crippen LogP contribution in [-0.4, -0.2) is 39.8 Å². The van der Waals surface area contributed by atoms with Crippen LogP contribution in [0.5, 0.6) is 0 Å². The molecule has 2 aromatic heterocycles. The third kappa shape index (κ3) is 3.55. The molecule has 1 fully saturated rings. The number of carbonyl (C=O) groups excluding carboxylic acids is 1. The molecule has 1 unspecified atom stereocenters. The molecule has 1 N–H and O–H groups in total. The Kier molecular flexibility index (Phi) is 4.47. The van der Waals surface area contributed by atoms with Crippen molar-refractivity contribution in [2.24, 2.45) is 7.05 Å². The Balaban J connectivity index is 1.47. The van der Waals surface area contributed by atoms with Crippen molar-refractivity contribution in [3.63, 3.8) is 0 Å². The summed E-state index contributed by atoms with van der Waals surface area (Å²) in [5, 5.41) is 8.21. The van der Waals surface area contributed by atoms with Crippen LogP contribution in [0.1, 0.15) is 23.2 Å². The van der Waals surface area contributed by atoms with Crippen LogP contribution in [0.15, 0.2) is 35.1 Å². The standard InChI is InChI=1S/C17H18BrN5OS/c1-22-9-11(8-19-22)16(24)20-13-3-2-6-23(10-13)17-21-14-5-4-12(18)7-15(14)25-17/h4-5,7-9,13H,2-3,6,10H2,1H3,(H,20,24). The highest BCUT2D eigenvalue weighted by atomic mass is 79.9. The minimum absolute atomic E-state index is 0.0619. The summed E-state index contributed by atoms with van der Waals surface area (Å²) in [6.45, 7) is 1.76. The van der Waals surface area contributed by atoms with Gasteiger partial charge in [0, 0.05) is 36.8 Å². The normalized spacial score (nSPS) is 17.8. The van der Waals surface area contributed by atoms with Gasteiger partial charge in [-0.25, -0.2) is 4.98 Å². The highest BCUT2D eigenvalue weighted by molar-refractivity contribution is 9.10. The van der Waals surface area contributed by atoms with Crippen LogP contribution < -0.4 is 10.2 Å². The van der Waals surface area contributed by atoms with E-state index in [9.17, 15) is 4.79 Å². The van der Waals surface area contributed by atoms with Gasteiger partial charge in [-0.15, -0.1) is 0 Å². The maximum Gasteiger partial charge on any atom is 0.254 e. The lowest BCUT2D eigenvalue weighted by atomic mass is 10.1. The molecule has 3 aromatic rings. The number of rotatable bonds is 3. The minimum Gasteiger partial charge on any atom is -0.347 e. The van der Waals surface area contributed by atoms with Gasteiger partial charge in [0.2, 0.25) is 0 Å². The Labute approximate surface area is 158 Å². The van der Waals surface area contributed by atoms with E-state index in [0.717, 1.165) is 41.1 Å². The van der Waals surface area contributed by atoms with E-state index in [-0.39, 0.29) is 11.9 Å². The second kappa shape index (κ2) is 6.76. The molecule has 0 aliphatic carbocycles. The number of benzene rings is 1. The van der Waals surface area contributed by atoms with Crippen molar-refractivity contribution < 1.29 is 4.79 Å². The van der Waals surface area contributed by atoms with Crippen molar-refractivity contribution in [3.05, 3.63) is 40.6 Å². The molecule has 1 atom stereocenters. The lowest BCUT2D eigenvalue weighted by molar-refractivity contribution is 0.0933. The van der Waals surface area contributed by atoms with Crippen molar-refractivity contribution >= 4 is 48.5 Å². The first-order valence-corrected chi connectivity index (χ1v) is 9.80. The molecular weight excluding hydrogens is 402 g/mol. The first-order valence-electron chi connectivity index (χ1n) is 8.19. The van der Waals surface area contributed by atoms with Crippen LogP contribution in [-0.2, 0) is 7.05 Å². The van der Waals surface area contributed by atoms with Crippen molar-refractivity contribution in [1.29, 1.82) is 0 Å². The zero-order valence-electron chi connectivity index (χ0n) is 13.8. The van der Waals surface area contributed by atoms with Crippen molar-refractivity contribution in [2.75, 3.05) is 18.0 Å². The van der Waals surface area contributed by atoms with E-state index in [4.69, 9.17) is 4.98 Å². The Bertz CT molecular complexity index is 921. The lowest BCUT2D eigenvalue weighted by Gasteiger charge is -2.32. The smallest absolute Gasteiger partial charge is 0.254 e. The van der Waals surface area contributed by atoms with E-state index >= 15 is 0 Å². The Morgan fingerprint density at radius 2 is 2.32 bits per heavy atom. The number of hydrogen-bond acceptors (Lipinski definition) is 5. The summed E-state index contributed by atoms with van der Waals surface area (Å²) in [6.07, 6.45) is 5.36. The molecule has 0 saturated carbocycles. The van der Waals surface area contributed by atoms with E-state index < -0.39 is 0 Å². The number of thiazole rings is 1. The fraction of sp³-hybridized carbons (Fsp3) is 0.353. The average molecular weight is 420 g/mol. The summed E-state index contributed by atoms with van der Waals surface area (Å²) < 4.78 is 3.88. The number of fused-ring (bicyclic) bond motifs is 1. The van der Waals surface area contributed by atoms with Gasteiger partial charge in [-0.2, -0.15) is 5.10 Å². The SMILES string of the molecule is Cn1cc(C(=O)NC2CCCN(c3nc4ccc(Br)cc4s3)C2)cn1. The highest BCUT2D eigenvalue weighted by Gasteiger charge is 2.24. The van der Waals surface area contributed by atoms with Gasteiger partial charge in [-0.3, -0.25) is 9.48 Å². The summed E-state index contributed by atoms with van der Waals surface area (Å²) in [7, 11) is 1.81. The molecule has 8 heteroatoms. The average Bonchev–Trinajstić information content (AvgIpc) is 3.21. The third-order valence-electron chi connectivity index (χ3n) is 4.33. The van der Waals surface area contributed by atoms with Crippen LogP contribution >= 0.6 is 27.3 Å². The second-order valence-electron chi connectivity index (χ2n) is 6.27. The molecule has 1 saturated heterocycles. The predicted octanol–water partition coefficient (Wildman–Crippen LogP) is 3.19. The number of nitrogens with one attached hydrogen (secondary N) is 1. The third-order valence-corrected chi connectivity index (χ3v) is 5.91. The van der Waals surface area contributed by atoms with Crippen LogP contribution in [0.4, 0.5) is 5.13 Å². The molecule has 1 aliphatic rings. The number of nitrogens with zero attached hydrogens (tertiary/aromatic N) is 4. The fourth-order valence-corrected chi connectivity index (χ4v) is 4.65. The number of amides is 1. The number of halogens is 1. The first-order chi connectivity index (χ1) is 12.1. The monoisotopic (exact) mass is 419 g/mol. The molecule has 3 heterocycles. The number of aryl methyl sites for hydroxylation is 1. The Morgan fingerprint density at radius 3 is 3.12 bits per heavy atom. The van der Waals surface area contributed by atoms with Crippen LogP contribution in [0, 0.1) is 0 Å². The van der Waals surface area contributed by atoms with E-state index in [1.54, 1.807) is 28.4 Å². The topological polar surface area (TPSA) is 63.1 Å². The predicted molar refractivity (Wildman–Crippen MR) is 103 cm³/mol. The Morgan fingerprint density at radius 1 is 1.44 bits per heavy atom. The highest BCUT2D eigenvalue weighted by Crippen LogP contribution is 2.32. The molecule has 0 bridgehead atoms. The molecular formula is C17H18BrN5OS. The molecule has 6 nitrogen and oxygen atoms in total. The van der Waals surface area contributed by atoms with Crippen LogP contribution in [0.3, 0.4) is 0 Å². The van der Waals surface area contributed by atoms with Gasteiger partial charge in [0.15, 0.2) is 5.13 Å². The number of piperidine rings is 1. The molecule has 4 rings (SSSR count). The van der Waals surface area contributed by atoms with Gasteiger partial charge in [0.1, 0.15) is 0 Å². The quantitative estimate of drug-likeness (QED) is 0.707. The zero-order chi connectivity index (χ0) is 17.4. The molecule has 0 radical (unpaired) electrons. The molecule has 1 amide bonds. The van der Waals surface area contributed by atoms with Gasteiger partial charge < -0.3 is 10.2 Å². The summed E-state index contributed by atoms with van der Waals surface area (Å²) in [4.78, 5) is 19.4. The summed E-state index contributed by atoms with van der Waals surface area (Å²) in [5.41, 5.74) is 1.62. The maximum absolute atomic E-state index is 12.3. The van der Waals surface area contributed by atoms with E-state index in [2.05, 4.69) is 37.3 Å². The Hall–Kier alpha value is -1.93. The van der Waals surface area contributed by atoms with Gasteiger partial charge in [-0.1, -0.05) is 27.3 Å². The van der Waals surface area contributed by atoms with Crippen molar-refractivity contribution in [3.8, 4) is 0 Å². The lowest BCUT2D eigenvalue weighted by Crippen LogP contribution is -2.47. The minimum atomic E-state index is -0.0619. The molecule has 0 spiro atoms. The summed E-state index contributed by atoms with van der Waals surface area (Å²) >= 11 is 5.21. The molecule has 1 aromatic carbocycles. The number of anilines is 1. The number of carbonyl (C=O) groups is 1. The molecule has 25 heavy (non-hydrogen) atoms. The maximum atomic E-state index is 12.3. The summed E-state index contributed by atoms with van der Waals surface area (Å²) in [6, 6.07) is 6.27. The first kappa shape index (κ1) is 16.5. The van der Waals surface area contributed by atoms with E-state index in [1.807, 2.05) is 19.2 Å². The van der Waals surface area contributed by atoms with E-state index in [1.165, 1.54) is 4.70 Å². The molecule has 130 valence electrons. The fourth-order valence-electron chi connectivity index (χ4n) is 3.10. The van der Waals surface area contributed by atoms with Gasteiger partial charge in [0.05, 0.1) is 22.0 Å². The van der Waals surface area contributed by atoms with Gasteiger partial charge in [0.25, 0.3) is 5.91 Å². The van der Waals surface area contributed by atoms with Gasteiger partial charge >= 0.3 is 0 Å². The largest absolute Gasteiger partial charge is 0.347 e. The van der Waals surface area contributed by atoms with Crippen molar-refractivity contribution in [2.45, 2.75) is 18.9 Å². The molecule has 1 aliphatic heterocycles. The van der Waals surface area contributed by atoms with Crippen LogP contribution in [0.2, 0.25) is 0 Å². The summed E-state index contributed by atoms with van der Waals surface area (Å²) in [5.74, 6) is -0.0619. The zero-order valence-corrected chi connectivity index (χ0v) is 16.2. The number of hydrogen-bond donors (Lipinski definition) is 1.